The molecule has 2 aliphatic heterocycles. The van der Waals surface area contributed by atoms with E-state index in [1.54, 1.807) is 11.8 Å². The van der Waals surface area contributed by atoms with Gasteiger partial charge in [-0.05, 0) is 26.3 Å². The van der Waals surface area contributed by atoms with Crippen LogP contribution >= 0.6 is 0 Å². The zero-order valence-electron chi connectivity index (χ0n) is 15.0. The molecule has 3 rings (SSSR count). The quantitative estimate of drug-likeness (QED) is 0.806. The predicted octanol–water partition coefficient (Wildman–Crippen LogP) is 1.12. The van der Waals surface area contributed by atoms with E-state index in [0.29, 0.717) is 25.7 Å². The van der Waals surface area contributed by atoms with Crippen LogP contribution in [0.2, 0.25) is 0 Å². The highest BCUT2D eigenvalue weighted by Crippen LogP contribution is 2.38. The molecule has 0 aliphatic carbocycles. The normalized spacial score (nSPS) is 22.1. The second kappa shape index (κ2) is 7.53. The summed E-state index contributed by atoms with van der Waals surface area (Å²) >= 11 is 0. The summed E-state index contributed by atoms with van der Waals surface area (Å²) in [4.78, 5) is 16.7. The summed E-state index contributed by atoms with van der Waals surface area (Å²) in [5, 5.41) is 4.51. The molecule has 7 heteroatoms. The van der Waals surface area contributed by atoms with Gasteiger partial charge in [0.15, 0.2) is 0 Å². The van der Waals surface area contributed by atoms with Gasteiger partial charge in [-0.2, -0.15) is 5.10 Å². The van der Waals surface area contributed by atoms with Crippen molar-refractivity contribution in [2.75, 3.05) is 46.5 Å². The van der Waals surface area contributed by atoms with Gasteiger partial charge in [-0.1, -0.05) is 0 Å². The number of carbonyl (C=O) groups is 1. The van der Waals surface area contributed by atoms with E-state index in [9.17, 15) is 4.79 Å². The fourth-order valence-electron chi connectivity index (χ4n) is 3.91. The Kier molecular flexibility index (Phi) is 5.40. The standard InChI is InChI=1S/C17H28N4O3/c1-13-16(17(23-3)19(2)18-13)14-5-4-7-20(14)8-6-15(22)21-9-11-24-12-10-21/h14H,4-12H2,1-3H3/t14-/m0/s1. The van der Waals surface area contributed by atoms with Gasteiger partial charge in [0.1, 0.15) is 0 Å². The molecule has 3 heterocycles. The van der Waals surface area contributed by atoms with Crippen molar-refractivity contribution in [3.8, 4) is 5.88 Å². The fourth-order valence-corrected chi connectivity index (χ4v) is 3.91. The third-order valence-electron chi connectivity index (χ3n) is 5.08. The van der Waals surface area contributed by atoms with Crippen LogP contribution in [0.5, 0.6) is 5.88 Å². The van der Waals surface area contributed by atoms with E-state index >= 15 is 0 Å². The minimum absolute atomic E-state index is 0.235. The first kappa shape index (κ1) is 17.2. The summed E-state index contributed by atoms with van der Waals surface area (Å²) in [6.07, 6.45) is 2.81. The Bertz CT molecular complexity index is 581. The molecule has 134 valence electrons. The van der Waals surface area contributed by atoms with Crippen molar-refractivity contribution in [2.24, 2.45) is 7.05 Å². The number of carbonyl (C=O) groups excluding carboxylic acids is 1. The van der Waals surface area contributed by atoms with Crippen molar-refractivity contribution in [3.63, 3.8) is 0 Å². The first-order chi connectivity index (χ1) is 11.6. The topological polar surface area (TPSA) is 59.8 Å². The number of morpholine rings is 1. The van der Waals surface area contributed by atoms with Gasteiger partial charge in [-0.3, -0.25) is 9.69 Å². The van der Waals surface area contributed by atoms with Crippen LogP contribution in [0.25, 0.3) is 0 Å². The lowest BCUT2D eigenvalue weighted by atomic mass is 10.0. The van der Waals surface area contributed by atoms with Gasteiger partial charge < -0.3 is 14.4 Å². The van der Waals surface area contributed by atoms with Crippen molar-refractivity contribution >= 4 is 5.91 Å². The van der Waals surface area contributed by atoms with Crippen LogP contribution in [0.4, 0.5) is 0 Å². The highest BCUT2D eigenvalue weighted by atomic mass is 16.5. The summed E-state index contributed by atoms with van der Waals surface area (Å²) in [6.45, 7) is 6.61. The van der Waals surface area contributed by atoms with Gasteiger partial charge in [0.05, 0.1) is 31.6 Å². The molecule has 7 nitrogen and oxygen atoms in total. The highest BCUT2D eigenvalue weighted by Gasteiger charge is 2.32. The lowest BCUT2D eigenvalue weighted by Gasteiger charge is -2.29. The van der Waals surface area contributed by atoms with Crippen molar-refractivity contribution in [3.05, 3.63) is 11.3 Å². The molecule has 2 aliphatic rings. The number of aromatic nitrogens is 2. The van der Waals surface area contributed by atoms with Gasteiger partial charge in [0.25, 0.3) is 0 Å². The number of nitrogens with zero attached hydrogens (tertiary/aromatic N) is 4. The average Bonchev–Trinajstić information content (AvgIpc) is 3.16. The third kappa shape index (κ3) is 3.42. The van der Waals surface area contributed by atoms with E-state index in [0.717, 1.165) is 50.6 Å². The maximum Gasteiger partial charge on any atom is 0.224 e. The summed E-state index contributed by atoms with van der Waals surface area (Å²) in [7, 11) is 3.61. The van der Waals surface area contributed by atoms with Crippen molar-refractivity contribution < 1.29 is 14.3 Å². The lowest BCUT2D eigenvalue weighted by Crippen LogP contribution is -2.42. The Balaban J connectivity index is 1.64. The second-order valence-electron chi connectivity index (χ2n) is 6.57. The third-order valence-corrected chi connectivity index (χ3v) is 5.08. The molecule has 0 N–H and O–H groups in total. The summed E-state index contributed by atoms with van der Waals surface area (Å²) in [5.74, 6) is 1.07. The van der Waals surface area contributed by atoms with Crippen LogP contribution in [0.1, 0.15) is 36.6 Å². The molecular weight excluding hydrogens is 308 g/mol. The number of likely N-dealkylation sites (tertiary alicyclic amines) is 1. The van der Waals surface area contributed by atoms with E-state index in [1.807, 2.05) is 18.9 Å². The molecule has 0 spiro atoms. The van der Waals surface area contributed by atoms with Crippen LogP contribution in [-0.2, 0) is 16.6 Å². The number of methoxy groups -OCH3 is 1. The molecule has 24 heavy (non-hydrogen) atoms. The molecule has 0 aromatic carbocycles. The first-order valence-electron chi connectivity index (χ1n) is 8.79. The SMILES string of the molecule is COc1c([C@@H]2CCCN2CCC(=O)N2CCOCC2)c(C)nn1C. The number of aryl methyl sites for hydroxylation is 2. The van der Waals surface area contributed by atoms with Crippen LogP contribution in [0.3, 0.4) is 0 Å². The maximum atomic E-state index is 12.4. The molecule has 0 saturated carbocycles. The van der Waals surface area contributed by atoms with Crippen LogP contribution in [0.15, 0.2) is 0 Å². The summed E-state index contributed by atoms with van der Waals surface area (Å²) in [6, 6.07) is 0.297. The molecule has 1 amide bonds. The molecule has 1 aromatic rings. The number of rotatable bonds is 5. The van der Waals surface area contributed by atoms with Gasteiger partial charge in [-0.15, -0.1) is 0 Å². The molecule has 1 aromatic heterocycles. The minimum atomic E-state index is 0.235. The predicted molar refractivity (Wildman–Crippen MR) is 90.1 cm³/mol. The Labute approximate surface area is 143 Å². The summed E-state index contributed by atoms with van der Waals surface area (Å²) < 4.78 is 12.7. The zero-order valence-corrected chi connectivity index (χ0v) is 15.0. The van der Waals surface area contributed by atoms with E-state index in [4.69, 9.17) is 9.47 Å². The summed E-state index contributed by atoms with van der Waals surface area (Å²) in [5.41, 5.74) is 2.20. The number of hydrogen-bond acceptors (Lipinski definition) is 5. The van der Waals surface area contributed by atoms with Crippen LogP contribution in [0, 0.1) is 6.92 Å². The molecule has 0 radical (unpaired) electrons. The molecule has 0 unspecified atom stereocenters. The largest absolute Gasteiger partial charge is 0.481 e. The Morgan fingerprint density at radius 2 is 2.08 bits per heavy atom. The average molecular weight is 336 g/mol. The second-order valence-corrected chi connectivity index (χ2v) is 6.57. The minimum Gasteiger partial charge on any atom is -0.481 e. The van der Waals surface area contributed by atoms with Crippen molar-refractivity contribution in [2.45, 2.75) is 32.2 Å². The van der Waals surface area contributed by atoms with E-state index in [2.05, 4.69) is 10.00 Å². The van der Waals surface area contributed by atoms with Crippen LogP contribution < -0.4 is 4.74 Å². The van der Waals surface area contributed by atoms with Gasteiger partial charge in [-0.25, -0.2) is 4.68 Å². The zero-order chi connectivity index (χ0) is 17.1. The first-order valence-corrected chi connectivity index (χ1v) is 8.79. The molecule has 2 fully saturated rings. The molecule has 2 saturated heterocycles. The number of ether oxygens (including phenoxy) is 2. The van der Waals surface area contributed by atoms with Gasteiger partial charge in [0, 0.05) is 39.1 Å². The Morgan fingerprint density at radius 1 is 1.33 bits per heavy atom. The van der Waals surface area contributed by atoms with E-state index in [-0.39, 0.29) is 5.91 Å². The molecule has 1 atom stereocenters. The maximum absolute atomic E-state index is 12.4. The Hall–Kier alpha value is -1.60. The van der Waals surface area contributed by atoms with Gasteiger partial charge in [0.2, 0.25) is 11.8 Å². The van der Waals surface area contributed by atoms with Crippen LogP contribution in [-0.4, -0.2) is 72.0 Å². The number of hydrogen-bond donors (Lipinski definition) is 0. The van der Waals surface area contributed by atoms with E-state index in [1.165, 1.54) is 5.56 Å². The monoisotopic (exact) mass is 336 g/mol. The van der Waals surface area contributed by atoms with Crippen molar-refractivity contribution in [1.29, 1.82) is 0 Å². The Morgan fingerprint density at radius 3 is 2.79 bits per heavy atom. The number of amides is 1. The smallest absolute Gasteiger partial charge is 0.224 e. The lowest BCUT2D eigenvalue weighted by molar-refractivity contribution is -0.135. The van der Waals surface area contributed by atoms with Gasteiger partial charge >= 0.3 is 0 Å². The van der Waals surface area contributed by atoms with E-state index < -0.39 is 0 Å². The van der Waals surface area contributed by atoms with Crippen molar-refractivity contribution in [1.82, 2.24) is 19.6 Å². The highest BCUT2D eigenvalue weighted by molar-refractivity contribution is 5.76. The molecule has 0 bridgehead atoms. The molecular formula is C17H28N4O3. The fraction of sp³-hybridized carbons (Fsp3) is 0.765.